The maximum Gasteiger partial charge on any atom is 0.233 e. The summed E-state index contributed by atoms with van der Waals surface area (Å²) in [6.07, 6.45) is 0.713. The Hall–Kier alpha value is -2.09. The van der Waals surface area contributed by atoms with Crippen molar-refractivity contribution in [3.8, 4) is 11.1 Å². The number of rotatable bonds is 7. The van der Waals surface area contributed by atoms with Gasteiger partial charge in [-0.05, 0) is 46.5 Å². The van der Waals surface area contributed by atoms with Gasteiger partial charge in [-0.1, -0.05) is 42.4 Å². The van der Waals surface area contributed by atoms with Crippen LogP contribution in [0.4, 0.5) is 5.82 Å². The van der Waals surface area contributed by atoms with Crippen molar-refractivity contribution < 1.29 is 4.79 Å². The number of carbonyl (C=O) groups excluding carboxylic acids is 1. The number of nitrogens with zero attached hydrogens (tertiary/aromatic N) is 3. The van der Waals surface area contributed by atoms with E-state index in [1.54, 1.807) is 23.3 Å². The van der Waals surface area contributed by atoms with Crippen molar-refractivity contribution >= 4 is 46.4 Å². The highest BCUT2D eigenvalue weighted by molar-refractivity contribution is 7.99. The van der Waals surface area contributed by atoms with Gasteiger partial charge in [0.15, 0.2) is 5.16 Å². The first-order valence-electron chi connectivity index (χ1n) is 8.78. The molecule has 0 aliphatic carbocycles. The van der Waals surface area contributed by atoms with Crippen molar-refractivity contribution in [1.82, 2.24) is 14.9 Å². The standard InChI is InChI=1S/C20H21ClN4OS2/c1-3-16-18(14-4-6-15(21)7-5-14)19(22)24-20(23-16)28-12-17(26)25(2)10-13-8-9-27-11-13/h4-9,11H,3,10,12H2,1-2H3,(H2,22,23,24). The van der Waals surface area contributed by atoms with E-state index in [2.05, 4.69) is 9.97 Å². The summed E-state index contributed by atoms with van der Waals surface area (Å²) in [6, 6.07) is 9.48. The topological polar surface area (TPSA) is 72.1 Å². The van der Waals surface area contributed by atoms with E-state index in [0.717, 1.165) is 22.4 Å². The molecule has 2 heterocycles. The van der Waals surface area contributed by atoms with Crippen molar-refractivity contribution in [1.29, 1.82) is 0 Å². The molecule has 28 heavy (non-hydrogen) atoms. The highest BCUT2D eigenvalue weighted by Gasteiger charge is 2.16. The van der Waals surface area contributed by atoms with Gasteiger partial charge in [0.2, 0.25) is 5.91 Å². The molecule has 146 valence electrons. The molecule has 3 aromatic rings. The maximum atomic E-state index is 12.4. The molecule has 0 spiro atoms. The average Bonchev–Trinajstić information content (AvgIpc) is 3.19. The van der Waals surface area contributed by atoms with E-state index in [4.69, 9.17) is 17.3 Å². The molecule has 3 rings (SSSR count). The van der Waals surface area contributed by atoms with Crippen molar-refractivity contribution in [2.24, 2.45) is 0 Å². The molecule has 1 amide bonds. The summed E-state index contributed by atoms with van der Waals surface area (Å²) in [4.78, 5) is 23.2. The number of hydrogen-bond acceptors (Lipinski definition) is 6. The first kappa shape index (κ1) is 20.6. The monoisotopic (exact) mass is 432 g/mol. The lowest BCUT2D eigenvalue weighted by Gasteiger charge is -2.16. The van der Waals surface area contributed by atoms with Crippen molar-refractivity contribution in [3.05, 3.63) is 57.4 Å². The fourth-order valence-corrected chi connectivity index (χ4v) is 4.33. The van der Waals surface area contributed by atoms with Crippen LogP contribution < -0.4 is 5.73 Å². The number of halogens is 1. The van der Waals surface area contributed by atoms with Crippen LogP contribution in [0.3, 0.4) is 0 Å². The molecular formula is C20H21ClN4OS2. The molecule has 0 atom stereocenters. The zero-order chi connectivity index (χ0) is 20.1. The fourth-order valence-electron chi connectivity index (χ4n) is 2.74. The Labute approximate surface area is 178 Å². The van der Waals surface area contributed by atoms with Crippen LogP contribution in [0.2, 0.25) is 5.02 Å². The first-order valence-corrected chi connectivity index (χ1v) is 11.1. The summed E-state index contributed by atoms with van der Waals surface area (Å²) in [5.41, 5.74) is 9.98. The third kappa shape index (κ3) is 5.04. The highest BCUT2D eigenvalue weighted by atomic mass is 35.5. The number of aromatic nitrogens is 2. The summed E-state index contributed by atoms with van der Waals surface area (Å²) in [7, 11) is 1.80. The zero-order valence-electron chi connectivity index (χ0n) is 15.7. The minimum atomic E-state index is 0.0261. The number of nitrogens with two attached hydrogens (primary N) is 1. The SMILES string of the molecule is CCc1nc(SCC(=O)N(C)Cc2ccsc2)nc(N)c1-c1ccc(Cl)cc1. The van der Waals surface area contributed by atoms with Crippen LogP contribution in [0.1, 0.15) is 18.2 Å². The Balaban J connectivity index is 1.71. The summed E-state index contributed by atoms with van der Waals surface area (Å²) in [5, 5.41) is 5.24. The van der Waals surface area contributed by atoms with Gasteiger partial charge in [0, 0.05) is 24.2 Å². The Bertz CT molecular complexity index is 946. The molecule has 8 heteroatoms. The Kier molecular flexibility index (Phi) is 6.93. The fraction of sp³-hybridized carbons (Fsp3) is 0.250. The van der Waals surface area contributed by atoms with E-state index in [1.165, 1.54) is 11.8 Å². The second-order valence-corrected chi connectivity index (χ2v) is 8.40. The van der Waals surface area contributed by atoms with Crippen LogP contribution in [0, 0.1) is 0 Å². The summed E-state index contributed by atoms with van der Waals surface area (Å²) in [6.45, 7) is 2.62. The van der Waals surface area contributed by atoms with Crippen LogP contribution >= 0.6 is 34.7 Å². The second-order valence-electron chi connectivity index (χ2n) is 6.24. The molecule has 0 fully saturated rings. The first-order chi connectivity index (χ1) is 13.5. The normalized spacial score (nSPS) is 10.8. The van der Waals surface area contributed by atoms with Gasteiger partial charge in [-0.25, -0.2) is 9.97 Å². The molecule has 0 bridgehead atoms. The lowest BCUT2D eigenvalue weighted by atomic mass is 10.0. The molecule has 0 radical (unpaired) electrons. The van der Waals surface area contributed by atoms with Gasteiger partial charge in [0.25, 0.3) is 0 Å². The maximum absolute atomic E-state index is 12.4. The Morgan fingerprint density at radius 1 is 1.25 bits per heavy atom. The van der Waals surface area contributed by atoms with Gasteiger partial charge in [-0.3, -0.25) is 4.79 Å². The van der Waals surface area contributed by atoms with Gasteiger partial charge >= 0.3 is 0 Å². The zero-order valence-corrected chi connectivity index (χ0v) is 18.1. The van der Waals surface area contributed by atoms with E-state index in [-0.39, 0.29) is 11.7 Å². The van der Waals surface area contributed by atoms with Gasteiger partial charge in [0.05, 0.1) is 11.4 Å². The van der Waals surface area contributed by atoms with E-state index >= 15 is 0 Å². The predicted octanol–water partition coefficient (Wildman–Crippen LogP) is 4.75. The molecule has 1 aromatic carbocycles. The van der Waals surface area contributed by atoms with Crippen molar-refractivity contribution in [2.75, 3.05) is 18.5 Å². The lowest BCUT2D eigenvalue weighted by Crippen LogP contribution is -2.27. The number of anilines is 1. The third-order valence-corrected chi connectivity index (χ3v) is 6.03. The Morgan fingerprint density at radius 3 is 2.64 bits per heavy atom. The predicted molar refractivity (Wildman–Crippen MR) is 118 cm³/mol. The minimum absolute atomic E-state index is 0.0261. The molecule has 0 aliphatic heterocycles. The smallest absolute Gasteiger partial charge is 0.233 e. The minimum Gasteiger partial charge on any atom is -0.383 e. The molecular weight excluding hydrogens is 412 g/mol. The molecule has 5 nitrogen and oxygen atoms in total. The molecule has 2 N–H and O–H groups in total. The van der Waals surface area contributed by atoms with E-state index in [0.29, 0.717) is 29.0 Å². The van der Waals surface area contributed by atoms with E-state index in [1.807, 2.05) is 48.0 Å². The third-order valence-electron chi connectivity index (χ3n) is 4.21. The molecule has 0 unspecified atom stereocenters. The van der Waals surface area contributed by atoms with Gasteiger partial charge in [-0.15, -0.1) is 0 Å². The average molecular weight is 433 g/mol. The molecule has 2 aromatic heterocycles. The number of thiophene rings is 1. The van der Waals surface area contributed by atoms with E-state index in [9.17, 15) is 4.79 Å². The molecule has 0 aliphatic rings. The quantitative estimate of drug-likeness (QED) is 0.430. The van der Waals surface area contributed by atoms with Crippen LogP contribution in [-0.2, 0) is 17.8 Å². The van der Waals surface area contributed by atoms with Crippen LogP contribution in [0.5, 0.6) is 0 Å². The van der Waals surface area contributed by atoms with Crippen molar-refractivity contribution in [3.63, 3.8) is 0 Å². The number of carbonyl (C=O) groups is 1. The van der Waals surface area contributed by atoms with Crippen LogP contribution in [-0.4, -0.2) is 33.6 Å². The Morgan fingerprint density at radius 2 is 2.00 bits per heavy atom. The summed E-state index contributed by atoms with van der Waals surface area (Å²) < 4.78 is 0. The highest BCUT2D eigenvalue weighted by Crippen LogP contribution is 2.31. The summed E-state index contributed by atoms with van der Waals surface area (Å²) in [5.74, 6) is 0.706. The van der Waals surface area contributed by atoms with E-state index < -0.39 is 0 Å². The number of nitrogen functional groups attached to an aromatic ring is 1. The van der Waals surface area contributed by atoms with Gasteiger partial charge < -0.3 is 10.6 Å². The largest absolute Gasteiger partial charge is 0.383 e. The number of amides is 1. The van der Waals surface area contributed by atoms with Crippen molar-refractivity contribution in [2.45, 2.75) is 25.0 Å². The number of benzene rings is 1. The molecule has 0 saturated carbocycles. The number of thioether (sulfide) groups is 1. The van der Waals surface area contributed by atoms with Crippen LogP contribution in [0.15, 0.2) is 46.2 Å². The number of aryl methyl sites for hydroxylation is 1. The van der Waals surface area contributed by atoms with Gasteiger partial charge in [-0.2, -0.15) is 11.3 Å². The van der Waals surface area contributed by atoms with Gasteiger partial charge in [0.1, 0.15) is 5.82 Å². The van der Waals surface area contributed by atoms with Crippen LogP contribution in [0.25, 0.3) is 11.1 Å². The number of hydrogen-bond donors (Lipinski definition) is 1. The lowest BCUT2D eigenvalue weighted by molar-refractivity contribution is -0.127. The summed E-state index contributed by atoms with van der Waals surface area (Å²) >= 11 is 8.91. The second kappa shape index (κ2) is 9.41. The molecule has 0 saturated heterocycles.